The molecular formula is C12H18N2O2S. The monoisotopic (exact) mass is 254 g/mol. The zero-order valence-electron chi connectivity index (χ0n) is 9.72. The summed E-state index contributed by atoms with van der Waals surface area (Å²) >= 11 is 0. The molecule has 2 rings (SSSR count). The molecule has 0 unspecified atom stereocenters. The van der Waals surface area contributed by atoms with Gasteiger partial charge in [-0.05, 0) is 24.5 Å². The summed E-state index contributed by atoms with van der Waals surface area (Å²) in [5.41, 5.74) is 7.22. The second-order valence-electron chi connectivity index (χ2n) is 4.47. The number of nitrogens with two attached hydrogens (primary N) is 1. The highest BCUT2D eigenvalue weighted by molar-refractivity contribution is 7.90. The van der Waals surface area contributed by atoms with Crippen molar-refractivity contribution in [3.8, 4) is 0 Å². The molecule has 1 saturated carbocycles. The van der Waals surface area contributed by atoms with E-state index < -0.39 is 10.0 Å². The molecule has 0 bridgehead atoms. The highest BCUT2D eigenvalue weighted by atomic mass is 32.2. The third-order valence-electron chi connectivity index (χ3n) is 3.26. The lowest BCUT2D eigenvalue weighted by atomic mass is 10.2. The van der Waals surface area contributed by atoms with E-state index in [0.29, 0.717) is 5.69 Å². The maximum absolute atomic E-state index is 12.0. The summed E-state index contributed by atoms with van der Waals surface area (Å²) in [6.45, 7) is 0.283. The van der Waals surface area contributed by atoms with Gasteiger partial charge in [0.05, 0.1) is 5.25 Å². The SMILES string of the molecule is Nc1ccccc1CNS(=O)(=O)C1CCCC1. The predicted molar refractivity (Wildman–Crippen MR) is 68.9 cm³/mol. The summed E-state index contributed by atoms with van der Waals surface area (Å²) in [5, 5.41) is -0.215. The first-order chi connectivity index (χ1) is 8.09. The van der Waals surface area contributed by atoms with Crippen molar-refractivity contribution in [2.24, 2.45) is 0 Å². The molecular weight excluding hydrogens is 236 g/mol. The first kappa shape index (κ1) is 12.4. The largest absolute Gasteiger partial charge is 0.398 e. The lowest BCUT2D eigenvalue weighted by Gasteiger charge is -2.13. The second-order valence-corrected chi connectivity index (χ2v) is 6.52. The van der Waals surface area contributed by atoms with Gasteiger partial charge in [0.25, 0.3) is 0 Å². The van der Waals surface area contributed by atoms with Gasteiger partial charge in [0, 0.05) is 12.2 Å². The van der Waals surface area contributed by atoms with Gasteiger partial charge >= 0.3 is 0 Å². The number of anilines is 1. The molecule has 0 amide bonds. The number of nitrogens with one attached hydrogen (secondary N) is 1. The summed E-state index contributed by atoms with van der Waals surface area (Å²) in [6.07, 6.45) is 3.58. The van der Waals surface area contributed by atoms with E-state index in [2.05, 4.69) is 4.72 Å². The Morgan fingerprint density at radius 1 is 1.24 bits per heavy atom. The van der Waals surface area contributed by atoms with E-state index in [9.17, 15) is 8.42 Å². The van der Waals surface area contributed by atoms with Crippen LogP contribution in [0, 0.1) is 0 Å². The quantitative estimate of drug-likeness (QED) is 0.802. The van der Waals surface area contributed by atoms with E-state index in [0.717, 1.165) is 31.2 Å². The fourth-order valence-electron chi connectivity index (χ4n) is 2.19. The minimum absolute atomic E-state index is 0.215. The molecule has 0 atom stereocenters. The van der Waals surface area contributed by atoms with E-state index in [4.69, 9.17) is 5.73 Å². The number of benzene rings is 1. The fourth-order valence-corrected chi connectivity index (χ4v) is 3.74. The Kier molecular flexibility index (Phi) is 3.69. The van der Waals surface area contributed by atoms with Gasteiger partial charge in [-0.15, -0.1) is 0 Å². The number of para-hydroxylation sites is 1. The lowest BCUT2D eigenvalue weighted by molar-refractivity contribution is 0.564. The van der Waals surface area contributed by atoms with Crippen molar-refractivity contribution in [2.45, 2.75) is 37.5 Å². The number of hydrogen-bond acceptors (Lipinski definition) is 3. The lowest BCUT2D eigenvalue weighted by Crippen LogP contribution is -2.32. The number of nitrogen functional groups attached to an aromatic ring is 1. The normalized spacial score (nSPS) is 17.4. The summed E-state index contributed by atoms with van der Waals surface area (Å²) in [7, 11) is -3.18. The fraction of sp³-hybridized carbons (Fsp3) is 0.500. The van der Waals surface area contributed by atoms with Crippen molar-refractivity contribution in [3.63, 3.8) is 0 Å². The van der Waals surface area contributed by atoms with Crippen LogP contribution >= 0.6 is 0 Å². The molecule has 17 heavy (non-hydrogen) atoms. The predicted octanol–water partition coefficient (Wildman–Crippen LogP) is 1.63. The molecule has 1 aliphatic rings. The van der Waals surface area contributed by atoms with Crippen LogP contribution in [0.3, 0.4) is 0 Å². The van der Waals surface area contributed by atoms with Gasteiger partial charge in [0.2, 0.25) is 10.0 Å². The molecule has 94 valence electrons. The van der Waals surface area contributed by atoms with Gasteiger partial charge in [-0.3, -0.25) is 0 Å². The average molecular weight is 254 g/mol. The van der Waals surface area contributed by atoms with Gasteiger partial charge in [-0.1, -0.05) is 31.0 Å². The molecule has 0 saturated heterocycles. The molecule has 1 aliphatic carbocycles. The van der Waals surface area contributed by atoms with E-state index in [1.165, 1.54) is 0 Å². The third-order valence-corrected chi connectivity index (χ3v) is 5.16. The zero-order valence-corrected chi connectivity index (χ0v) is 10.5. The Morgan fingerprint density at radius 3 is 2.53 bits per heavy atom. The van der Waals surface area contributed by atoms with E-state index >= 15 is 0 Å². The number of hydrogen-bond donors (Lipinski definition) is 2. The highest BCUT2D eigenvalue weighted by Gasteiger charge is 2.28. The third kappa shape index (κ3) is 2.98. The van der Waals surface area contributed by atoms with Gasteiger partial charge in [-0.2, -0.15) is 0 Å². The molecule has 5 heteroatoms. The molecule has 1 fully saturated rings. The minimum Gasteiger partial charge on any atom is -0.398 e. The molecule has 4 nitrogen and oxygen atoms in total. The highest BCUT2D eigenvalue weighted by Crippen LogP contribution is 2.24. The Balaban J connectivity index is 2.00. The number of rotatable bonds is 4. The van der Waals surface area contributed by atoms with E-state index in [1.54, 1.807) is 6.07 Å². The first-order valence-corrected chi connectivity index (χ1v) is 7.46. The van der Waals surface area contributed by atoms with Crippen LogP contribution in [0.5, 0.6) is 0 Å². The van der Waals surface area contributed by atoms with Crippen LogP contribution in [0.25, 0.3) is 0 Å². The Morgan fingerprint density at radius 2 is 1.88 bits per heavy atom. The van der Waals surface area contributed by atoms with Crippen LogP contribution in [-0.2, 0) is 16.6 Å². The molecule has 0 spiro atoms. The first-order valence-electron chi connectivity index (χ1n) is 5.91. The van der Waals surface area contributed by atoms with Gasteiger partial charge < -0.3 is 5.73 Å². The van der Waals surface area contributed by atoms with Crippen LogP contribution in [0.2, 0.25) is 0 Å². The Bertz CT molecular complexity index is 479. The van der Waals surface area contributed by atoms with Crippen LogP contribution in [-0.4, -0.2) is 13.7 Å². The smallest absolute Gasteiger partial charge is 0.214 e. The molecule has 3 N–H and O–H groups in total. The Labute approximate surface area is 102 Å². The molecule has 0 radical (unpaired) electrons. The van der Waals surface area contributed by atoms with Crippen LogP contribution in [0.15, 0.2) is 24.3 Å². The van der Waals surface area contributed by atoms with Crippen molar-refractivity contribution in [1.29, 1.82) is 0 Å². The van der Waals surface area contributed by atoms with Crippen molar-refractivity contribution in [1.82, 2.24) is 4.72 Å². The standard InChI is InChI=1S/C12H18N2O2S/c13-12-8-4-1-5-10(12)9-14-17(15,16)11-6-2-3-7-11/h1,4-5,8,11,14H,2-3,6-7,9,13H2. The maximum atomic E-state index is 12.0. The summed E-state index contributed by atoms with van der Waals surface area (Å²) in [6, 6.07) is 7.31. The van der Waals surface area contributed by atoms with Crippen LogP contribution < -0.4 is 10.5 Å². The molecule has 0 aliphatic heterocycles. The average Bonchev–Trinajstić information content (AvgIpc) is 2.82. The summed E-state index contributed by atoms with van der Waals surface area (Å²) in [5.74, 6) is 0. The molecule has 1 aromatic carbocycles. The van der Waals surface area contributed by atoms with Crippen LogP contribution in [0.4, 0.5) is 5.69 Å². The minimum atomic E-state index is -3.18. The molecule has 0 aromatic heterocycles. The summed E-state index contributed by atoms with van der Waals surface area (Å²) < 4.78 is 26.6. The summed E-state index contributed by atoms with van der Waals surface area (Å²) in [4.78, 5) is 0. The van der Waals surface area contributed by atoms with Crippen molar-refractivity contribution in [2.75, 3.05) is 5.73 Å². The van der Waals surface area contributed by atoms with Gasteiger partial charge in [-0.25, -0.2) is 13.1 Å². The van der Waals surface area contributed by atoms with Crippen molar-refractivity contribution in [3.05, 3.63) is 29.8 Å². The zero-order chi connectivity index (χ0) is 12.3. The van der Waals surface area contributed by atoms with Crippen LogP contribution in [0.1, 0.15) is 31.2 Å². The Hall–Kier alpha value is -1.07. The number of sulfonamides is 1. The maximum Gasteiger partial charge on any atom is 0.214 e. The topological polar surface area (TPSA) is 72.2 Å². The van der Waals surface area contributed by atoms with E-state index in [-0.39, 0.29) is 11.8 Å². The molecule has 1 aromatic rings. The van der Waals surface area contributed by atoms with Crippen molar-refractivity contribution >= 4 is 15.7 Å². The van der Waals surface area contributed by atoms with Gasteiger partial charge in [0.15, 0.2) is 0 Å². The second kappa shape index (κ2) is 5.06. The van der Waals surface area contributed by atoms with Gasteiger partial charge in [0.1, 0.15) is 0 Å². The van der Waals surface area contributed by atoms with Crippen molar-refractivity contribution < 1.29 is 8.42 Å². The van der Waals surface area contributed by atoms with E-state index in [1.807, 2.05) is 18.2 Å². The molecule has 0 heterocycles.